The summed E-state index contributed by atoms with van der Waals surface area (Å²) in [4.78, 5) is 21.8. The minimum absolute atomic E-state index is 0. The number of halogens is 3. The van der Waals surface area contributed by atoms with Crippen molar-refractivity contribution in [2.24, 2.45) is 0 Å². The standard InChI is InChI=1S/C23H25F2N3O2S.ClH/c1-15-4-5-16(2)18(12-15)22(29)28(7-3-6-27-8-10-30-11-9-27)23-26-21-19(25)13-17(24)14-20(21)31-23;/h4-5,12-14H,3,6-11H2,1-2H3;1H. The molecule has 0 aliphatic carbocycles. The van der Waals surface area contributed by atoms with E-state index in [1.54, 1.807) is 4.90 Å². The molecular formula is C23H26ClF2N3O2S. The average Bonchev–Trinajstić information content (AvgIpc) is 3.17. The number of hydrogen-bond acceptors (Lipinski definition) is 5. The van der Waals surface area contributed by atoms with Gasteiger partial charge >= 0.3 is 0 Å². The number of carbonyl (C=O) groups is 1. The van der Waals surface area contributed by atoms with Gasteiger partial charge in [-0.05, 0) is 38.0 Å². The smallest absolute Gasteiger partial charge is 0.260 e. The van der Waals surface area contributed by atoms with Crippen LogP contribution < -0.4 is 4.90 Å². The average molecular weight is 482 g/mol. The summed E-state index contributed by atoms with van der Waals surface area (Å²) in [6.07, 6.45) is 0.739. The first-order valence-electron chi connectivity index (χ1n) is 10.4. The SMILES string of the molecule is Cc1ccc(C)c(C(=O)N(CCCN2CCOCC2)c2nc3c(F)cc(F)cc3s2)c1.Cl. The molecule has 9 heteroatoms. The number of benzene rings is 2. The molecule has 0 spiro atoms. The Kier molecular flexibility index (Phi) is 8.16. The Labute approximate surface area is 196 Å². The number of nitrogens with zero attached hydrogens (tertiary/aromatic N) is 3. The van der Waals surface area contributed by atoms with Gasteiger partial charge in [0.05, 0.1) is 17.9 Å². The molecule has 172 valence electrons. The first-order valence-corrected chi connectivity index (χ1v) is 11.2. The lowest BCUT2D eigenvalue weighted by Crippen LogP contribution is -2.39. The van der Waals surface area contributed by atoms with Gasteiger partial charge < -0.3 is 4.74 Å². The fraction of sp³-hybridized carbons (Fsp3) is 0.391. The summed E-state index contributed by atoms with van der Waals surface area (Å²) in [5.41, 5.74) is 2.54. The number of carbonyl (C=O) groups excluding carboxylic acids is 1. The molecule has 5 nitrogen and oxygen atoms in total. The topological polar surface area (TPSA) is 45.7 Å². The molecule has 2 heterocycles. The highest BCUT2D eigenvalue weighted by Gasteiger charge is 2.24. The van der Waals surface area contributed by atoms with Crippen LogP contribution >= 0.6 is 23.7 Å². The molecule has 3 aromatic rings. The summed E-state index contributed by atoms with van der Waals surface area (Å²) >= 11 is 1.13. The van der Waals surface area contributed by atoms with E-state index in [0.29, 0.717) is 35.2 Å². The van der Waals surface area contributed by atoms with Crippen LogP contribution in [-0.4, -0.2) is 55.2 Å². The van der Waals surface area contributed by atoms with Gasteiger partial charge in [0, 0.05) is 37.8 Å². The normalized spacial score (nSPS) is 14.4. The molecule has 0 N–H and O–H groups in total. The van der Waals surface area contributed by atoms with Crippen LogP contribution in [0.15, 0.2) is 30.3 Å². The van der Waals surface area contributed by atoms with E-state index in [1.807, 2.05) is 32.0 Å². The molecule has 0 radical (unpaired) electrons. The van der Waals surface area contributed by atoms with Gasteiger partial charge in [-0.1, -0.05) is 29.0 Å². The minimum atomic E-state index is -0.718. The van der Waals surface area contributed by atoms with E-state index in [2.05, 4.69) is 9.88 Å². The van der Waals surface area contributed by atoms with Crippen molar-refractivity contribution in [2.75, 3.05) is 44.3 Å². The monoisotopic (exact) mass is 481 g/mol. The molecule has 1 aliphatic rings. The largest absolute Gasteiger partial charge is 0.379 e. The molecule has 1 aliphatic heterocycles. The van der Waals surface area contributed by atoms with Crippen LogP contribution in [0.4, 0.5) is 13.9 Å². The summed E-state index contributed by atoms with van der Waals surface area (Å²) in [6, 6.07) is 7.82. The van der Waals surface area contributed by atoms with Crippen molar-refractivity contribution in [3.05, 3.63) is 58.7 Å². The van der Waals surface area contributed by atoms with E-state index in [0.717, 1.165) is 54.6 Å². The van der Waals surface area contributed by atoms with Crippen molar-refractivity contribution in [3.8, 4) is 0 Å². The molecule has 0 saturated carbocycles. The van der Waals surface area contributed by atoms with Gasteiger partial charge in [-0.25, -0.2) is 13.8 Å². The number of anilines is 1. The maximum absolute atomic E-state index is 14.2. The Morgan fingerprint density at radius 2 is 1.94 bits per heavy atom. The third kappa shape index (κ3) is 5.43. The van der Waals surface area contributed by atoms with Gasteiger partial charge in [-0.15, -0.1) is 12.4 Å². The number of amides is 1. The molecule has 2 aromatic carbocycles. The van der Waals surface area contributed by atoms with Crippen molar-refractivity contribution in [1.29, 1.82) is 0 Å². The highest BCUT2D eigenvalue weighted by atomic mass is 35.5. The lowest BCUT2D eigenvalue weighted by molar-refractivity contribution is 0.0376. The highest BCUT2D eigenvalue weighted by molar-refractivity contribution is 7.22. The van der Waals surface area contributed by atoms with Crippen LogP contribution in [0.5, 0.6) is 0 Å². The zero-order chi connectivity index (χ0) is 22.0. The molecule has 32 heavy (non-hydrogen) atoms. The molecule has 1 amide bonds. The lowest BCUT2D eigenvalue weighted by Gasteiger charge is -2.28. The number of ether oxygens (including phenoxy) is 1. The number of hydrogen-bond donors (Lipinski definition) is 0. The fourth-order valence-electron chi connectivity index (χ4n) is 3.73. The minimum Gasteiger partial charge on any atom is -0.379 e. The molecule has 4 rings (SSSR count). The Morgan fingerprint density at radius 3 is 2.69 bits per heavy atom. The predicted molar refractivity (Wildman–Crippen MR) is 126 cm³/mol. The van der Waals surface area contributed by atoms with E-state index in [-0.39, 0.29) is 23.8 Å². The molecule has 0 bridgehead atoms. The first kappa shape index (κ1) is 24.5. The molecule has 0 atom stereocenters. The van der Waals surface area contributed by atoms with E-state index in [4.69, 9.17) is 4.74 Å². The summed E-state index contributed by atoms with van der Waals surface area (Å²) in [7, 11) is 0. The molecule has 0 unspecified atom stereocenters. The zero-order valence-electron chi connectivity index (χ0n) is 18.1. The number of fused-ring (bicyclic) bond motifs is 1. The van der Waals surface area contributed by atoms with Gasteiger partial charge in [-0.2, -0.15) is 0 Å². The second-order valence-corrected chi connectivity index (χ2v) is 8.82. The van der Waals surface area contributed by atoms with Crippen LogP contribution in [0, 0.1) is 25.5 Å². The van der Waals surface area contributed by atoms with Gasteiger partial charge in [0.15, 0.2) is 10.9 Å². The molecule has 1 saturated heterocycles. The van der Waals surface area contributed by atoms with Crippen LogP contribution in [0.1, 0.15) is 27.9 Å². The molecule has 1 fully saturated rings. The Hall–Kier alpha value is -2.13. The Balaban J connectivity index is 0.00000289. The van der Waals surface area contributed by atoms with Crippen molar-refractivity contribution in [2.45, 2.75) is 20.3 Å². The second kappa shape index (κ2) is 10.7. The van der Waals surface area contributed by atoms with Crippen LogP contribution in [0.3, 0.4) is 0 Å². The lowest BCUT2D eigenvalue weighted by atomic mass is 10.0. The van der Waals surface area contributed by atoms with Crippen molar-refractivity contribution in [1.82, 2.24) is 9.88 Å². The van der Waals surface area contributed by atoms with Gasteiger partial charge in [0.1, 0.15) is 11.3 Å². The number of aryl methyl sites for hydroxylation is 2. The van der Waals surface area contributed by atoms with Crippen LogP contribution in [0.2, 0.25) is 0 Å². The number of thiazole rings is 1. The Morgan fingerprint density at radius 1 is 1.19 bits per heavy atom. The summed E-state index contributed by atoms with van der Waals surface area (Å²) in [5, 5.41) is 0.382. The maximum atomic E-state index is 14.2. The number of aromatic nitrogens is 1. The Bertz CT molecular complexity index is 1100. The predicted octanol–water partition coefficient (Wildman–Crippen LogP) is 4.98. The fourth-order valence-corrected chi connectivity index (χ4v) is 4.76. The van der Waals surface area contributed by atoms with E-state index >= 15 is 0 Å². The van der Waals surface area contributed by atoms with Crippen LogP contribution in [0.25, 0.3) is 10.2 Å². The molecule has 1 aromatic heterocycles. The van der Waals surface area contributed by atoms with Gasteiger partial charge in [-0.3, -0.25) is 14.6 Å². The highest BCUT2D eigenvalue weighted by Crippen LogP contribution is 2.32. The van der Waals surface area contributed by atoms with Crippen molar-refractivity contribution in [3.63, 3.8) is 0 Å². The van der Waals surface area contributed by atoms with Gasteiger partial charge in [0.25, 0.3) is 5.91 Å². The maximum Gasteiger partial charge on any atom is 0.260 e. The van der Waals surface area contributed by atoms with Crippen LogP contribution in [-0.2, 0) is 4.74 Å². The summed E-state index contributed by atoms with van der Waals surface area (Å²) < 4.78 is 33.7. The number of morpholine rings is 1. The van der Waals surface area contributed by atoms with E-state index in [1.165, 1.54) is 6.07 Å². The van der Waals surface area contributed by atoms with Crippen molar-refractivity contribution >= 4 is 45.0 Å². The van der Waals surface area contributed by atoms with E-state index < -0.39 is 11.6 Å². The summed E-state index contributed by atoms with van der Waals surface area (Å²) in [5.74, 6) is -1.55. The van der Waals surface area contributed by atoms with E-state index in [9.17, 15) is 13.6 Å². The zero-order valence-corrected chi connectivity index (χ0v) is 19.7. The third-order valence-corrected chi connectivity index (χ3v) is 6.49. The molecular weight excluding hydrogens is 456 g/mol. The third-order valence-electron chi connectivity index (χ3n) is 5.46. The van der Waals surface area contributed by atoms with Gasteiger partial charge in [0.2, 0.25) is 0 Å². The van der Waals surface area contributed by atoms with Crippen molar-refractivity contribution < 1.29 is 18.3 Å². The quantitative estimate of drug-likeness (QED) is 0.498. The number of rotatable bonds is 6. The second-order valence-electron chi connectivity index (χ2n) is 7.81. The summed E-state index contributed by atoms with van der Waals surface area (Å²) in [6.45, 7) is 8.27. The first-order chi connectivity index (χ1) is 14.9.